The highest BCUT2D eigenvalue weighted by atomic mass is 16.5. The van der Waals surface area contributed by atoms with Gasteiger partial charge in [-0.05, 0) is 48.9 Å². The number of nitrogens with one attached hydrogen (secondary N) is 1. The third-order valence-electron chi connectivity index (χ3n) is 6.52. The summed E-state index contributed by atoms with van der Waals surface area (Å²) in [6, 6.07) is 12.1. The van der Waals surface area contributed by atoms with Crippen molar-refractivity contribution in [3.05, 3.63) is 76.3 Å². The van der Waals surface area contributed by atoms with Crippen LogP contribution in [-0.2, 0) is 35.0 Å². The van der Waals surface area contributed by atoms with E-state index in [-0.39, 0.29) is 40.4 Å². The number of ether oxygens (including phenoxy) is 4. The largest absolute Gasteiger partial charge is 0.489 e. The number of methoxy groups -OCH3 is 2. The molecule has 0 radical (unpaired) electrons. The lowest BCUT2D eigenvalue weighted by Crippen LogP contribution is -2.36. The lowest BCUT2D eigenvalue weighted by molar-refractivity contribution is -0.131. The van der Waals surface area contributed by atoms with E-state index in [4.69, 9.17) is 18.9 Å². The first-order chi connectivity index (χ1) is 18.7. The summed E-state index contributed by atoms with van der Waals surface area (Å²) in [5.41, 5.74) is 2.70. The molecule has 1 aliphatic heterocycles. The number of nitrogens with zero attached hydrogens (tertiary/aromatic N) is 1. The molecule has 1 aliphatic carbocycles. The molecule has 204 valence electrons. The number of Topliss-reactive ketones (excluding diaryl/α,β-unsaturated/α-hetero) is 2. The number of ketones is 2. The molecule has 1 N–H and O–H groups in total. The van der Waals surface area contributed by atoms with Gasteiger partial charge in [-0.15, -0.1) is 0 Å². The number of esters is 1. The third-order valence-corrected chi connectivity index (χ3v) is 6.52. The monoisotopic (exact) mass is 534 g/mol. The summed E-state index contributed by atoms with van der Waals surface area (Å²) in [6.07, 6.45) is 0.0507. The predicted molar refractivity (Wildman–Crippen MR) is 143 cm³/mol. The lowest BCUT2D eigenvalue weighted by Gasteiger charge is -2.28. The molecule has 0 saturated carbocycles. The van der Waals surface area contributed by atoms with E-state index in [1.165, 1.54) is 33.3 Å². The van der Waals surface area contributed by atoms with Gasteiger partial charge in [-0.3, -0.25) is 19.2 Å². The van der Waals surface area contributed by atoms with E-state index >= 15 is 0 Å². The molecule has 1 heterocycles. The summed E-state index contributed by atoms with van der Waals surface area (Å²) in [6.45, 7) is 5.71. The first kappa shape index (κ1) is 27.6. The van der Waals surface area contributed by atoms with Crippen LogP contribution in [-0.4, -0.2) is 64.0 Å². The average Bonchev–Trinajstić information content (AvgIpc) is 2.94. The quantitative estimate of drug-likeness (QED) is 0.309. The van der Waals surface area contributed by atoms with Gasteiger partial charge in [0.25, 0.3) is 5.91 Å². The standard InChI is InChI=1S/C29H30N2O8/c1-17-22(26(34)28(37-4)27(36-3)25(17)33)15-19-5-10-24(39-18(2)32)23(16-19)29(35)30-20-6-8-21(9-7-20)31-11-13-38-14-12-31/h5-10,16H,11-15H2,1-4H3,(H,30,35). The Morgan fingerprint density at radius 1 is 0.949 bits per heavy atom. The Morgan fingerprint density at radius 2 is 1.59 bits per heavy atom. The van der Waals surface area contributed by atoms with Crippen molar-refractivity contribution in [3.8, 4) is 5.75 Å². The second-order valence-electron chi connectivity index (χ2n) is 9.03. The van der Waals surface area contributed by atoms with Gasteiger partial charge in [-0.2, -0.15) is 0 Å². The highest BCUT2D eigenvalue weighted by Crippen LogP contribution is 2.30. The van der Waals surface area contributed by atoms with E-state index in [9.17, 15) is 19.2 Å². The minimum atomic E-state index is -0.583. The van der Waals surface area contributed by atoms with Crippen LogP contribution in [0.5, 0.6) is 5.75 Å². The van der Waals surface area contributed by atoms with Gasteiger partial charge in [-0.25, -0.2) is 0 Å². The first-order valence-corrected chi connectivity index (χ1v) is 12.4. The Bertz CT molecular complexity index is 1370. The smallest absolute Gasteiger partial charge is 0.308 e. The van der Waals surface area contributed by atoms with E-state index in [0.717, 1.165) is 18.8 Å². The Labute approximate surface area is 226 Å². The molecule has 10 heteroatoms. The number of hydrogen-bond donors (Lipinski definition) is 1. The summed E-state index contributed by atoms with van der Waals surface area (Å²) in [7, 11) is 2.59. The van der Waals surface area contributed by atoms with Gasteiger partial charge in [0, 0.05) is 49.0 Å². The van der Waals surface area contributed by atoms with Crippen LogP contribution in [0.15, 0.2) is 65.1 Å². The van der Waals surface area contributed by atoms with Gasteiger partial charge in [0.2, 0.25) is 23.1 Å². The van der Waals surface area contributed by atoms with Crippen molar-refractivity contribution < 1.29 is 38.1 Å². The number of hydrogen-bond acceptors (Lipinski definition) is 9. The molecule has 2 aromatic rings. The first-order valence-electron chi connectivity index (χ1n) is 12.4. The van der Waals surface area contributed by atoms with Crippen LogP contribution in [0.1, 0.15) is 29.8 Å². The minimum Gasteiger partial charge on any atom is -0.489 e. The van der Waals surface area contributed by atoms with Crippen LogP contribution in [0, 0.1) is 0 Å². The van der Waals surface area contributed by atoms with E-state index in [0.29, 0.717) is 24.5 Å². The third kappa shape index (κ3) is 6.01. The maximum atomic E-state index is 13.3. The van der Waals surface area contributed by atoms with Crippen molar-refractivity contribution in [2.24, 2.45) is 0 Å². The maximum Gasteiger partial charge on any atom is 0.308 e. The SMILES string of the molecule is COC1=C(OC)C(=O)C(Cc2ccc(OC(C)=O)c(C(=O)Nc3ccc(N4CCOCC4)cc3)c2)=C(C)C1=O. The second-order valence-corrected chi connectivity index (χ2v) is 9.03. The lowest BCUT2D eigenvalue weighted by atomic mass is 9.88. The maximum absolute atomic E-state index is 13.3. The molecule has 1 amide bonds. The molecule has 2 aromatic carbocycles. The molecule has 10 nitrogen and oxygen atoms in total. The number of amides is 1. The molecule has 0 spiro atoms. The van der Waals surface area contributed by atoms with Crippen molar-refractivity contribution in [3.63, 3.8) is 0 Å². The zero-order chi connectivity index (χ0) is 28.1. The van der Waals surface area contributed by atoms with Gasteiger partial charge < -0.3 is 29.2 Å². The average molecular weight is 535 g/mol. The molecule has 2 aliphatic rings. The minimum absolute atomic E-state index is 0.0507. The van der Waals surface area contributed by atoms with Crippen molar-refractivity contribution in [1.29, 1.82) is 0 Å². The van der Waals surface area contributed by atoms with Gasteiger partial charge in [-0.1, -0.05) is 6.07 Å². The van der Waals surface area contributed by atoms with Gasteiger partial charge in [0.15, 0.2) is 0 Å². The van der Waals surface area contributed by atoms with E-state index < -0.39 is 23.4 Å². The summed E-state index contributed by atoms with van der Waals surface area (Å²) < 4.78 is 20.9. The van der Waals surface area contributed by atoms with Crippen LogP contribution < -0.4 is 15.0 Å². The van der Waals surface area contributed by atoms with Crippen LogP contribution in [0.2, 0.25) is 0 Å². The highest BCUT2D eigenvalue weighted by Gasteiger charge is 2.34. The number of morpholine rings is 1. The fourth-order valence-electron chi connectivity index (χ4n) is 4.49. The summed E-state index contributed by atoms with van der Waals surface area (Å²) in [4.78, 5) is 53.0. The van der Waals surface area contributed by atoms with E-state index in [2.05, 4.69) is 10.2 Å². The van der Waals surface area contributed by atoms with Crippen LogP contribution in [0.3, 0.4) is 0 Å². The van der Waals surface area contributed by atoms with Gasteiger partial charge in [0.05, 0.1) is 33.0 Å². The summed E-state index contributed by atoms with van der Waals surface area (Å²) >= 11 is 0. The summed E-state index contributed by atoms with van der Waals surface area (Å²) in [5.74, 6) is -2.24. The number of carbonyl (C=O) groups is 4. The number of anilines is 2. The molecular formula is C29H30N2O8. The van der Waals surface area contributed by atoms with Crippen molar-refractivity contribution in [2.45, 2.75) is 20.3 Å². The van der Waals surface area contributed by atoms with E-state index in [1.54, 1.807) is 25.1 Å². The second kappa shape index (κ2) is 12.0. The molecule has 1 fully saturated rings. The van der Waals surface area contributed by atoms with E-state index in [1.807, 2.05) is 12.1 Å². The number of rotatable bonds is 8. The fourth-order valence-corrected chi connectivity index (χ4v) is 4.49. The van der Waals surface area contributed by atoms with Crippen LogP contribution in [0.4, 0.5) is 11.4 Å². The van der Waals surface area contributed by atoms with Crippen LogP contribution >= 0.6 is 0 Å². The molecule has 0 aromatic heterocycles. The van der Waals surface area contributed by atoms with Crippen molar-refractivity contribution in [2.75, 3.05) is 50.7 Å². The van der Waals surface area contributed by atoms with Gasteiger partial charge >= 0.3 is 5.97 Å². The molecule has 0 bridgehead atoms. The molecular weight excluding hydrogens is 504 g/mol. The molecule has 4 rings (SSSR count). The molecule has 1 saturated heterocycles. The predicted octanol–water partition coefficient (Wildman–Crippen LogP) is 3.22. The molecule has 39 heavy (non-hydrogen) atoms. The van der Waals surface area contributed by atoms with Crippen molar-refractivity contribution in [1.82, 2.24) is 0 Å². The Hall–Kier alpha value is -4.44. The molecule has 0 atom stereocenters. The number of allylic oxidation sites excluding steroid dienone is 2. The number of carbonyl (C=O) groups excluding carboxylic acids is 4. The highest BCUT2D eigenvalue weighted by molar-refractivity contribution is 6.23. The van der Waals surface area contributed by atoms with Gasteiger partial charge in [0.1, 0.15) is 5.75 Å². The summed E-state index contributed by atoms with van der Waals surface area (Å²) in [5, 5.41) is 2.84. The normalized spacial score (nSPS) is 15.8. The zero-order valence-corrected chi connectivity index (χ0v) is 22.3. The Morgan fingerprint density at radius 3 is 2.21 bits per heavy atom. The zero-order valence-electron chi connectivity index (χ0n) is 22.3. The van der Waals surface area contributed by atoms with Crippen LogP contribution in [0.25, 0.3) is 0 Å². The topological polar surface area (TPSA) is 120 Å². The molecule has 0 unspecified atom stereocenters. The fraction of sp³-hybridized carbons (Fsp3) is 0.310. The Kier molecular flexibility index (Phi) is 8.46. The number of benzene rings is 2. The van der Waals surface area contributed by atoms with Crippen molar-refractivity contribution >= 4 is 34.8 Å². The Balaban J connectivity index is 1.59.